The van der Waals surface area contributed by atoms with Crippen molar-refractivity contribution < 1.29 is 4.42 Å². The normalized spacial score (nSPS) is 18.0. The molecule has 1 aromatic heterocycles. The number of benzene rings is 1. The van der Waals surface area contributed by atoms with Crippen molar-refractivity contribution in [3.63, 3.8) is 0 Å². The van der Waals surface area contributed by atoms with E-state index in [2.05, 4.69) is 50.4 Å². The molecule has 2 aromatic rings. The first-order chi connectivity index (χ1) is 10.2. The lowest BCUT2D eigenvalue weighted by molar-refractivity contribution is 0.366. The molecule has 1 aromatic carbocycles. The second-order valence-electron chi connectivity index (χ2n) is 6.47. The number of hydrogen-bond acceptors (Lipinski definition) is 2. The van der Waals surface area contributed by atoms with Gasteiger partial charge in [0.1, 0.15) is 11.3 Å². The number of furan rings is 1. The fourth-order valence-corrected chi connectivity index (χ4v) is 3.37. The SMILES string of the molecule is CCc1c(C(C)NC(CC)CC2CC2)oc2ccccc12. The standard InChI is InChI=1S/C19H27NO/c1-4-15(12-14-10-11-14)20-13(3)19-16(5-2)17-8-6-7-9-18(17)21-19/h6-9,13-15,20H,4-5,10-12H2,1-3H3. The molecule has 1 aliphatic carbocycles. The summed E-state index contributed by atoms with van der Waals surface area (Å²) in [6.45, 7) is 6.74. The van der Waals surface area contributed by atoms with E-state index in [1.165, 1.54) is 36.6 Å². The van der Waals surface area contributed by atoms with Gasteiger partial charge in [0.25, 0.3) is 0 Å². The quantitative estimate of drug-likeness (QED) is 0.754. The summed E-state index contributed by atoms with van der Waals surface area (Å²) in [5, 5.41) is 5.07. The zero-order chi connectivity index (χ0) is 14.8. The van der Waals surface area contributed by atoms with Crippen molar-refractivity contribution in [2.45, 2.75) is 65.0 Å². The number of rotatable bonds is 7. The van der Waals surface area contributed by atoms with Crippen LogP contribution >= 0.6 is 0 Å². The third-order valence-electron chi connectivity index (χ3n) is 4.77. The Morgan fingerprint density at radius 2 is 2.00 bits per heavy atom. The Morgan fingerprint density at radius 1 is 1.24 bits per heavy atom. The number of fused-ring (bicyclic) bond motifs is 1. The highest BCUT2D eigenvalue weighted by atomic mass is 16.3. The summed E-state index contributed by atoms with van der Waals surface area (Å²) in [4.78, 5) is 0. The van der Waals surface area contributed by atoms with Crippen molar-refractivity contribution >= 4 is 11.0 Å². The van der Waals surface area contributed by atoms with Crippen LogP contribution in [0.4, 0.5) is 0 Å². The highest BCUT2D eigenvalue weighted by Gasteiger charge is 2.26. The lowest BCUT2D eigenvalue weighted by Gasteiger charge is -2.21. The van der Waals surface area contributed by atoms with Crippen LogP contribution < -0.4 is 5.32 Å². The first kappa shape index (κ1) is 14.6. The largest absolute Gasteiger partial charge is 0.459 e. The molecule has 0 spiro atoms. The first-order valence-corrected chi connectivity index (χ1v) is 8.49. The molecule has 1 aliphatic rings. The minimum absolute atomic E-state index is 0.288. The molecule has 0 amide bonds. The van der Waals surface area contributed by atoms with Gasteiger partial charge in [0.15, 0.2) is 0 Å². The van der Waals surface area contributed by atoms with Crippen molar-refractivity contribution in [2.75, 3.05) is 0 Å². The van der Waals surface area contributed by atoms with E-state index in [1.807, 2.05) is 0 Å². The lowest BCUT2D eigenvalue weighted by atomic mass is 10.0. The maximum Gasteiger partial charge on any atom is 0.134 e. The molecule has 0 aliphatic heterocycles. The molecule has 1 N–H and O–H groups in total. The third kappa shape index (κ3) is 3.16. The Balaban J connectivity index is 1.80. The Labute approximate surface area is 127 Å². The number of para-hydroxylation sites is 1. The van der Waals surface area contributed by atoms with Crippen molar-refractivity contribution in [2.24, 2.45) is 5.92 Å². The molecule has 1 heterocycles. The van der Waals surface area contributed by atoms with Gasteiger partial charge in [-0.1, -0.05) is 44.9 Å². The van der Waals surface area contributed by atoms with Crippen LogP contribution in [0.5, 0.6) is 0 Å². The second kappa shape index (κ2) is 6.23. The monoisotopic (exact) mass is 285 g/mol. The molecule has 2 heteroatoms. The summed E-state index contributed by atoms with van der Waals surface area (Å²) in [7, 11) is 0. The van der Waals surface area contributed by atoms with Gasteiger partial charge >= 0.3 is 0 Å². The number of hydrogen-bond donors (Lipinski definition) is 1. The summed E-state index contributed by atoms with van der Waals surface area (Å²) < 4.78 is 6.16. The minimum Gasteiger partial charge on any atom is -0.459 e. The van der Waals surface area contributed by atoms with Gasteiger partial charge in [0.05, 0.1) is 6.04 Å². The van der Waals surface area contributed by atoms with Gasteiger partial charge in [-0.3, -0.25) is 0 Å². The summed E-state index contributed by atoms with van der Waals surface area (Å²) >= 11 is 0. The van der Waals surface area contributed by atoms with Crippen LogP contribution in [0.1, 0.15) is 63.8 Å². The predicted molar refractivity (Wildman–Crippen MR) is 88.6 cm³/mol. The smallest absolute Gasteiger partial charge is 0.134 e. The van der Waals surface area contributed by atoms with E-state index >= 15 is 0 Å². The number of aryl methyl sites for hydroxylation is 1. The zero-order valence-electron chi connectivity index (χ0n) is 13.5. The molecule has 2 nitrogen and oxygen atoms in total. The Kier molecular flexibility index (Phi) is 4.34. The molecule has 1 fully saturated rings. The van der Waals surface area contributed by atoms with Gasteiger partial charge in [0.2, 0.25) is 0 Å². The van der Waals surface area contributed by atoms with Gasteiger partial charge in [-0.15, -0.1) is 0 Å². The maximum atomic E-state index is 6.16. The summed E-state index contributed by atoms with van der Waals surface area (Å²) in [6, 6.07) is 9.30. The fraction of sp³-hybridized carbons (Fsp3) is 0.579. The second-order valence-corrected chi connectivity index (χ2v) is 6.47. The van der Waals surface area contributed by atoms with Crippen LogP contribution in [0.15, 0.2) is 28.7 Å². The van der Waals surface area contributed by atoms with Crippen molar-refractivity contribution in [3.05, 3.63) is 35.6 Å². The Morgan fingerprint density at radius 3 is 2.67 bits per heavy atom. The topological polar surface area (TPSA) is 25.2 Å². The molecular formula is C19H27NO. The van der Waals surface area contributed by atoms with E-state index in [0.29, 0.717) is 6.04 Å². The maximum absolute atomic E-state index is 6.16. The predicted octanol–water partition coefficient (Wildman–Crippen LogP) is 5.22. The van der Waals surface area contributed by atoms with Crippen molar-refractivity contribution in [1.82, 2.24) is 5.32 Å². The molecule has 114 valence electrons. The minimum atomic E-state index is 0.288. The van der Waals surface area contributed by atoms with Gasteiger partial charge in [-0.25, -0.2) is 0 Å². The summed E-state index contributed by atoms with van der Waals surface area (Å²) in [5.74, 6) is 2.10. The van der Waals surface area contributed by atoms with E-state index in [-0.39, 0.29) is 6.04 Å². The van der Waals surface area contributed by atoms with Crippen LogP contribution in [0, 0.1) is 5.92 Å². The van der Waals surface area contributed by atoms with Crippen LogP contribution in [0.3, 0.4) is 0 Å². The average molecular weight is 285 g/mol. The molecule has 2 atom stereocenters. The third-order valence-corrected chi connectivity index (χ3v) is 4.77. The average Bonchev–Trinajstić information content (AvgIpc) is 3.23. The van der Waals surface area contributed by atoms with Crippen molar-refractivity contribution in [1.29, 1.82) is 0 Å². The van der Waals surface area contributed by atoms with E-state index in [4.69, 9.17) is 4.42 Å². The zero-order valence-corrected chi connectivity index (χ0v) is 13.5. The van der Waals surface area contributed by atoms with Crippen LogP contribution in [-0.4, -0.2) is 6.04 Å². The van der Waals surface area contributed by atoms with E-state index < -0.39 is 0 Å². The number of nitrogens with one attached hydrogen (secondary N) is 1. The van der Waals surface area contributed by atoms with E-state index in [0.717, 1.165) is 23.7 Å². The molecule has 3 rings (SSSR count). The van der Waals surface area contributed by atoms with Gasteiger partial charge in [-0.2, -0.15) is 0 Å². The van der Waals surface area contributed by atoms with Gasteiger partial charge in [-0.05, 0) is 38.2 Å². The van der Waals surface area contributed by atoms with Gasteiger partial charge < -0.3 is 9.73 Å². The Hall–Kier alpha value is -1.28. The van der Waals surface area contributed by atoms with Gasteiger partial charge in [0, 0.05) is 17.0 Å². The van der Waals surface area contributed by atoms with E-state index in [9.17, 15) is 0 Å². The molecule has 1 saturated carbocycles. The summed E-state index contributed by atoms with van der Waals surface area (Å²) in [5.41, 5.74) is 2.39. The lowest BCUT2D eigenvalue weighted by Crippen LogP contribution is -2.31. The molecular weight excluding hydrogens is 258 g/mol. The highest BCUT2D eigenvalue weighted by Crippen LogP contribution is 2.35. The fourth-order valence-electron chi connectivity index (χ4n) is 3.37. The Bertz CT molecular complexity index is 597. The van der Waals surface area contributed by atoms with Crippen molar-refractivity contribution in [3.8, 4) is 0 Å². The summed E-state index contributed by atoms with van der Waals surface area (Å²) in [6.07, 6.45) is 6.40. The van der Waals surface area contributed by atoms with Crippen LogP contribution in [0.25, 0.3) is 11.0 Å². The molecule has 0 radical (unpaired) electrons. The van der Waals surface area contributed by atoms with Crippen LogP contribution in [-0.2, 0) is 6.42 Å². The molecule has 0 bridgehead atoms. The highest BCUT2D eigenvalue weighted by molar-refractivity contribution is 5.82. The van der Waals surface area contributed by atoms with Crippen LogP contribution in [0.2, 0.25) is 0 Å². The molecule has 2 unspecified atom stereocenters. The molecule has 0 saturated heterocycles. The first-order valence-electron chi connectivity index (χ1n) is 8.49. The van der Waals surface area contributed by atoms with E-state index in [1.54, 1.807) is 0 Å². The molecule has 21 heavy (non-hydrogen) atoms.